The maximum Gasteiger partial charge on any atom is 0.303 e. The number of hydrogen-bond acceptors (Lipinski definition) is 4. The highest BCUT2D eigenvalue weighted by molar-refractivity contribution is 7.99. The molecule has 91 valence electrons. The van der Waals surface area contributed by atoms with Gasteiger partial charge >= 0.3 is 5.97 Å². The largest absolute Gasteiger partial charge is 0.454 e. The van der Waals surface area contributed by atoms with Gasteiger partial charge in [0.25, 0.3) is 0 Å². The normalized spacial score (nSPS) is 10.1. The van der Waals surface area contributed by atoms with E-state index in [0.717, 1.165) is 16.0 Å². The van der Waals surface area contributed by atoms with Crippen molar-refractivity contribution in [1.29, 1.82) is 0 Å². The number of hydrogen-bond donors (Lipinski definition) is 0. The maximum atomic E-state index is 10.7. The SMILES string of the molecule is CC(=O)OCSc1cc[c]c(-c2ccncc2)c1. The Morgan fingerprint density at radius 3 is 2.89 bits per heavy atom. The molecule has 1 radical (unpaired) electrons. The van der Waals surface area contributed by atoms with Gasteiger partial charge in [-0.25, -0.2) is 0 Å². The zero-order valence-electron chi connectivity index (χ0n) is 9.92. The van der Waals surface area contributed by atoms with Gasteiger partial charge in [-0.15, -0.1) is 0 Å². The molecule has 0 unspecified atom stereocenters. The first-order chi connectivity index (χ1) is 8.75. The van der Waals surface area contributed by atoms with Gasteiger partial charge in [0.05, 0.1) is 0 Å². The molecule has 0 aliphatic rings. The summed E-state index contributed by atoms with van der Waals surface area (Å²) in [6.45, 7) is 1.40. The van der Waals surface area contributed by atoms with Crippen LogP contribution in [0.3, 0.4) is 0 Å². The van der Waals surface area contributed by atoms with Crippen molar-refractivity contribution >= 4 is 17.7 Å². The molecular formula is C14H12NO2S. The molecule has 1 aromatic carbocycles. The topological polar surface area (TPSA) is 39.2 Å². The average Bonchev–Trinajstić information content (AvgIpc) is 2.40. The lowest BCUT2D eigenvalue weighted by molar-refractivity contribution is -0.138. The van der Waals surface area contributed by atoms with E-state index < -0.39 is 0 Å². The first kappa shape index (κ1) is 12.6. The molecule has 0 bridgehead atoms. The van der Waals surface area contributed by atoms with Crippen LogP contribution in [0, 0.1) is 6.07 Å². The molecule has 0 saturated heterocycles. The molecule has 2 aromatic rings. The minimum atomic E-state index is -0.264. The van der Waals surface area contributed by atoms with Crippen LogP contribution < -0.4 is 0 Å². The van der Waals surface area contributed by atoms with Crippen LogP contribution in [-0.2, 0) is 9.53 Å². The molecule has 0 spiro atoms. The van der Waals surface area contributed by atoms with Crippen LogP contribution in [0.4, 0.5) is 0 Å². The zero-order chi connectivity index (χ0) is 12.8. The summed E-state index contributed by atoms with van der Waals surface area (Å²) in [6.07, 6.45) is 3.50. The van der Waals surface area contributed by atoms with Gasteiger partial charge in [-0.3, -0.25) is 9.78 Å². The Morgan fingerprint density at radius 1 is 1.39 bits per heavy atom. The number of pyridine rings is 1. The molecule has 3 nitrogen and oxygen atoms in total. The van der Waals surface area contributed by atoms with Gasteiger partial charge in [0.2, 0.25) is 0 Å². The first-order valence-electron chi connectivity index (χ1n) is 5.44. The predicted octanol–water partition coefficient (Wildman–Crippen LogP) is 3.16. The second kappa shape index (κ2) is 6.21. The maximum absolute atomic E-state index is 10.7. The molecule has 0 N–H and O–H groups in total. The third kappa shape index (κ3) is 3.60. The summed E-state index contributed by atoms with van der Waals surface area (Å²) in [5.41, 5.74) is 2.07. The molecular weight excluding hydrogens is 246 g/mol. The van der Waals surface area contributed by atoms with Crippen molar-refractivity contribution in [2.24, 2.45) is 0 Å². The Hall–Kier alpha value is -1.81. The van der Waals surface area contributed by atoms with Gasteiger partial charge in [0.1, 0.15) is 5.94 Å². The van der Waals surface area contributed by atoms with E-state index in [9.17, 15) is 4.79 Å². The summed E-state index contributed by atoms with van der Waals surface area (Å²) in [5.74, 6) is 0.0640. The molecule has 18 heavy (non-hydrogen) atoms. The standard InChI is InChI=1S/C14H12NO2S/c1-11(16)17-10-18-14-4-2-3-13(9-14)12-5-7-15-8-6-12/h2,4-9H,10H2,1H3. The van der Waals surface area contributed by atoms with Gasteiger partial charge in [0, 0.05) is 24.2 Å². The van der Waals surface area contributed by atoms with E-state index in [-0.39, 0.29) is 5.97 Å². The molecule has 1 aromatic heterocycles. The number of nitrogens with zero attached hydrogens (tertiary/aromatic N) is 1. The summed E-state index contributed by atoms with van der Waals surface area (Å²) >= 11 is 1.48. The van der Waals surface area contributed by atoms with Crippen LogP contribution in [0.15, 0.2) is 47.6 Å². The van der Waals surface area contributed by atoms with Crippen LogP contribution in [0.5, 0.6) is 0 Å². The molecule has 4 heteroatoms. The molecule has 0 saturated carbocycles. The van der Waals surface area contributed by atoms with Crippen molar-refractivity contribution in [3.8, 4) is 11.1 Å². The quantitative estimate of drug-likeness (QED) is 0.480. The fourth-order valence-corrected chi connectivity index (χ4v) is 2.14. The number of carbonyl (C=O) groups excluding carboxylic acids is 1. The van der Waals surface area contributed by atoms with E-state index in [0.29, 0.717) is 5.94 Å². The molecule has 2 rings (SSSR count). The van der Waals surface area contributed by atoms with Crippen LogP contribution >= 0.6 is 11.8 Å². The van der Waals surface area contributed by atoms with Gasteiger partial charge in [-0.2, -0.15) is 0 Å². The van der Waals surface area contributed by atoms with Crippen molar-refractivity contribution in [1.82, 2.24) is 4.98 Å². The molecule has 0 atom stereocenters. The van der Waals surface area contributed by atoms with Crippen molar-refractivity contribution < 1.29 is 9.53 Å². The number of aromatic nitrogens is 1. The van der Waals surface area contributed by atoms with E-state index in [4.69, 9.17) is 4.74 Å². The third-order valence-electron chi connectivity index (χ3n) is 2.25. The number of ether oxygens (including phenoxy) is 1. The van der Waals surface area contributed by atoms with Crippen molar-refractivity contribution in [3.63, 3.8) is 0 Å². The van der Waals surface area contributed by atoms with Crippen LogP contribution in [-0.4, -0.2) is 16.9 Å². The number of esters is 1. The minimum absolute atomic E-state index is 0.264. The zero-order valence-corrected chi connectivity index (χ0v) is 10.7. The number of benzene rings is 1. The minimum Gasteiger partial charge on any atom is -0.454 e. The Kier molecular flexibility index (Phi) is 4.36. The summed E-state index contributed by atoms with van der Waals surface area (Å²) in [6, 6.07) is 12.9. The van der Waals surface area contributed by atoms with E-state index in [2.05, 4.69) is 11.1 Å². The lowest BCUT2D eigenvalue weighted by Crippen LogP contribution is -1.96. The second-order valence-corrected chi connectivity index (χ2v) is 4.57. The van der Waals surface area contributed by atoms with Crippen LogP contribution in [0.25, 0.3) is 11.1 Å². The molecule has 0 aliphatic carbocycles. The second-order valence-electron chi connectivity index (χ2n) is 3.57. The van der Waals surface area contributed by atoms with E-state index in [1.54, 1.807) is 12.4 Å². The van der Waals surface area contributed by atoms with Gasteiger partial charge in [-0.05, 0) is 41.5 Å². The van der Waals surface area contributed by atoms with Crippen molar-refractivity contribution in [2.75, 3.05) is 5.94 Å². The highest BCUT2D eigenvalue weighted by Crippen LogP contribution is 2.24. The number of thioether (sulfide) groups is 1. The molecule has 0 fully saturated rings. The summed E-state index contributed by atoms with van der Waals surface area (Å²) in [4.78, 5) is 15.7. The monoisotopic (exact) mass is 258 g/mol. The fraction of sp³-hybridized carbons (Fsp3) is 0.143. The van der Waals surface area contributed by atoms with Crippen molar-refractivity contribution in [3.05, 3.63) is 48.8 Å². The van der Waals surface area contributed by atoms with Crippen LogP contribution in [0.2, 0.25) is 0 Å². The third-order valence-corrected chi connectivity index (χ3v) is 3.08. The molecule has 0 aliphatic heterocycles. The van der Waals surface area contributed by atoms with Gasteiger partial charge < -0.3 is 4.74 Å². The van der Waals surface area contributed by atoms with E-state index >= 15 is 0 Å². The Bertz CT molecular complexity index is 528. The fourth-order valence-electron chi connectivity index (χ4n) is 1.41. The van der Waals surface area contributed by atoms with Crippen molar-refractivity contribution in [2.45, 2.75) is 11.8 Å². The molecule has 0 amide bonds. The highest BCUT2D eigenvalue weighted by Gasteiger charge is 2.01. The number of carbonyl (C=O) groups is 1. The van der Waals surface area contributed by atoms with E-state index in [1.807, 2.05) is 30.3 Å². The van der Waals surface area contributed by atoms with Gasteiger partial charge in [-0.1, -0.05) is 17.8 Å². The molecule has 1 heterocycles. The Morgan fingerprint density at radius 2 is 2.17 bits per heavy atom. The summed E-state index contributed by atoms with van der Waals surface area (Å²) in [7, 11) is 0. The lowest BCUT2D eigenvalue weighted by atomic mass is 10.1. The summed E-state index contributed by atoms with van der Waals surface area (Å²) < 4.78 is 4.90. The summed E-state index contributed by atoms with van der Waals surface area (Å²) in [5, 5.41) is 0. The smallest absolute Gasteiger partial charge is 0.303 e. The average molecular weight is 258 g/mol. The van der Waals surface area contributed by atoms with Gasteiger partial charge in [0.15, 0.2) is 0 Å². The Balaban J connectivity index is 2.08. The van der Waals surface area contributed by atoms with Crippen LogP contribution in [0.1, 0.15) is 6.92 Å². The Labute approximate surface area is 110 Å². The first-order valence-corrected chi connectivity index (χ1v) is 6.42. The predicted molar refractivity (Wildman–Crippen MR) is 71.0 cm³/mol. The lowest BCUT2D eigenvalue weighted by Gasteiger charge is -2.05. The number of rotatable bonds is 4. The van der Waals surface area contributed by atoms with E-state index in [1.165, 1.54) is 18.7 Å². The highest BCUT2D eigenvalue weighted by atomic mass is 32.2.